The molecule has 1 aliphatic heterocycles. The first-order chi connectivity index (χ1) is 10.2. The summed E-state index contributed by atoms with van der Waals surface area (Å²) < 4.78 is 9.86. The third kappa shape index (κ3) is 2.66. The van der Waals surface area contributed by atoms with Gasteiger partial charge in [0.25, 0.3) is 0 Å². The van der Waals surface area contributed by atoms with E-state index in [-0.39, 0.29) is 0 Å². The van der Waals surface area contributed by atoms with Gasteiger partial charge in [0.1, 0.15) is 5.75 Å². The number of rotatable bonds is 3. The number of carbonyl (C=O) groups excluding carboxylic acids is 1. The second kappa shape index (κ2) is 5.42. The molecule has 21 heavy (non-hydrogen) atoms. The van der Waals surface area contributed by atoms with Gasteiger partial charge in [0.05, 0.1) is 12.7 Å². The van der Waals surface area contributed by atoms with Crippen LogP contribution in [0.5, 0.6) is 5.75 Å². The average Bonchev–Trinajstić information content (AvgIpc) is 2.80. The van der Waals surface area contributed by atoms with Crippen molar-refractivity contribution < 1.29 is 19.4 Å². The van der Waals surface area contributed by atoms with Crippen LogP contribution in [0.1, 0.15) is 33.3 Å². The molecule has 2 aromatic carbocycles. The van der Waals surface area contributed by atoms with Gasteiger partial charge in [-0.2, -0.15) is 0 Å². The predicted octanol–water partition coefficient (Wildman–Crippen LogP) is 3.03. The Morgan fingerprint density at radius 1 is 1.10 bits per heavy atom. The van der Waals surface area contributed by atoms with Gasteiger partial charge in [-0.25, -0.2) is 4.79 Å². The summed E-state index contributed by atoms with van der Waals surface area (Å²) in [5, 5.41) is 9.53. The molecule has 4 nitrogen and oxygen atoms in total. The standard InChI is InChI=1S/C17H14O4/c1-20-13-7-4-11(5-8-13)2-3-12-6-9-14-15(10-12)17(19)21-16(14)18/h2-10,16,18H,1H3/b3-2+. The first kappa shape index (κ1) is 13.4. The lowest BCUT2D eigenvalue weighted by molar-refractivity contribution is -0.0547. The molecule has 0 bridgehead atoms. The van der Waals surface area contributed by atoms with Crippen molar-refractivity contribution in [3.8, 4) is 5.75 Å². The molecule has 1 atom stereocenters. The molecule has 0 radical (unpaired) electrons. The molecule has 0 fully saturated rings. The first-order valence-electron chi connectivity index (χ1n) is 6.52. The summed E-state index contributed by atoms with van der Waals surface area (Å²) in [6.07, 6.45) is 2.70. The van der Waals surface area contributed by atoms with E-state index in [0.717, 1.165) is 16.9 Å². The number of cyclic esters (lactones) is 1. The van der Waals surface area contributed by atoms with E-state index in [4.69, 9.17) is 9.47 Å². The van der Waals surface area contributed by atoms with Crippen LogP contribution >= 0.6 is 0 Å². The van der Waals surface area contributed by atoms with Gasteiger partial charge in [-0.1, -0.05) is 36.4 Å². The molecule has 0 saturated carbocycles. The quantitative estimate of drug-likeness (QED) is 0.694. The van der Waals surface area contributed by atoms with E-state index in [1.165, 1.54) is 0 Å². The Morgan fingerprint density at radius 3 is 2.48 bits per heavy atom. The maximum absolute atomic E-state index is 11.6. The summed E-state index contributed by atoms with van der Waals surface area (Å²) in [6, 6.07) is 12.9. The molecule has 0 spiro atoms. The van der Waals surface area contributed by atoms with Gasteiger partial charge in [0, 0.05) is 5.56 Å². The maximum atomic E-state index is 11.6. The molecule has 106 valence electrons. The van der Waals surface area contributed by atoms with Crippen molar-refractivity contribution in [2.24, 2.45) is 0 Å². The fourth-order valence-corrected chi connectivity index (χ4v) is 2.21. The van der Waals surface area contributed by atoms with Crippen LogP contribution < -0.4 is 4.74 Å². The lowest BCUT2D eigenvalue weighted by Gasteiger charge is -2.01. The number of benzene rings is 2. The molecule has 0 saturated heterocycles. The molecule has 0 aliphatic carbocycles. The lowest BCUT2D eigenvalue weighted by atomic mass is 10.0. The van der Waals surface area contributed by atoms with Crippen LogP contribution in [0.2, 0.25) is 0 Å². The fraction of sp³-hybridized carbons (Fsp3) is 0.118. The van der Waals surface area contributed by atoms with Crippen molar-refractivity contribution in [3.05, 3.63) is 64.7 Å². The number of hydrogen-bond acceptors (Lipinski definition) is 4. The van der Waals surface area contributed by atoms with Crippen LogP contribution in [0.4, 0.5) is 0 Å². The van der Waals surface area contributed by atoms with Crippen molar-refractivity contribution in [2.45, 2.75) is 6.29 Å². The van der Waals surface area contributed by atoms with Crippen LogP contribution in [0.3, 0.4) is 0 Å². The Kier molecular flexibility index (Phi) is 3.46. The molecule has 0 amide bonds. The highest BCUT2D eigenvalue weighted by atomic mass is 16.6. The molecule has 1 aliphatic rings. The van der Waals surface area contributed by atoms with E-state index in [1.54, 1.807) is 19.2 Å². The number of aliphatic hydroxyl groups is 1. The minimum Gasteiger partial charge on any atom is -0.497 e. The Hall–Kier alpha value is -2.59. The molecule has 1 heterocycles. The van der Waals surface area contributed by atoms with E-state index in [2.05, 4.69) is 0 Å². The van der Waals surface area contributed by atoms with Crippen LogP contribution in [0, 0.1) is 0 Å². The second-order valence-corrected chi connectivity index (χ2v) is 4.71. The van der Waals surface area contributed by atoms with E-state index >= 15 is 0 Å². The topological polar surface area (TPSA) is 55.8 Å². The Balaban J connectivity index is 1.83. The maximum Gasteiger partial charge on any atom is 0.341 e. The Labute approximate surface area is 122 Å². The van der Waals surface area contributed by atoms with E-state index in [9.17, 15) is 9.90 Å². The zero-order valence-corrected chi connectivity index (χ0v) is 11.4. The molecule has 2 aromatic rings. The molecule has 3 rings (SSSR count). The smallest absolute Gasteiger partial charge is 0.341 e. The number of aliphatic hydroxyl groups excluding tert-OH is 1. The zero-order chi connectivity index (χ0) is 14.8. The SMILES string of the molecule is COc1ccc(/C=C/c2ccc3c(c2)C(=O)OC3O)cc1. The second-order valence-electron chi connectivity index (χ2n) is 4.71. The summed E-state index contributed by atoms with van der Waals surface area (Å²) in [6.45, 7) is 0. The summed E-state index contributed by atoms with van der Waals surface area (Å²) >= 11 is 0. The summed E-state index contributed by atoms with van der Waals surface area (Å²) in [5.74, 6) is 0.318. The monoisotopic (exact) mass is 282 g/mol. The number of esters is 1. The lowest BCUT2D eigenvalue weighted by Crippen LogP contribution is -1.95. The molecular weight excluding hydrogens is 268 g/mol. The van der Waals surface area contributed by atoms with Gasteiger partial charge in [-0.15, -0.1) is 0 Å². The first-order valence-corrected chi connectivity index (χ1v) is 6.52. The molecule has 0 aromatic heterocycles. The number of ether oxygens (including phenoxy) is 2. The number of methoxy groups -OCH3 is 1. The van der Waals surface area contributed by atoms with Crippen LogP contribution in [0.25, 0.3) is 12.2 Å². The van der Waals surface area contributed by atoms with Gasteiger partial charge >= 0.3 is 5.97 Å². The Morgan fingerprint density at radius 2 is 1.76 bits per heavy atom. The minimum atomic E-state index is -1.15. The fourth-order valence-electron chi connectivity index (χ4n) is 2.21. The van der Waals surface area contributed by atoms with Crippen molar-refractivity contribution in [2.75, 3.05) is 7.11 Å². The van der Waals surface area contributed by atoms with E-state index in [0.29, 0.717) is 11.1 Å². The van der Waals surface area contributed by atoms with E-state index in [1.807, 2.05) is 42.5 Å². The summed E-state index contributed by atoms with van der Waals surface area (Å²) in [4.78, 5) is 11.6. The van der Waals surface area contributed by atoms with Gasteiger partial charge in [0.2, 0.25) is 6.29 Å². The van der Waals surface area contributed by atoms with Gasteiger partial charge in [-0.05, 0) is 29.3 Å². The predicted molar refractivity (Wildman–Crippen MR) is 78.7 cm³/mol. The van der Waals surface area contributed by atoms with Crippen LogP contribution in [-0.4, -0.2) is 18.2 Å². The summed E-state index contributed by atoms with van der Waals surface area (Å²) in [5.41, 5.74) is 2.83. The summed E-state index contributed by atoms with van der Waals surface area (Å²) in [7, 11) is 1.63. The normalized spacial score (nSPS) is 16.9. The number of hydrogen-bond donors (Lipinski definition) is 1. The highest BCUT2D eigenvalue weighted by Crippen LogP contribution is 2.29. The van der Waals surface area contributed by atoms with Crippen molar-refractivity contribution in [3.63, 3.8) is 0 Å². The highest BCUT2D eigenvalue weighted by Gasteiger charge is 2.29. The van der Waals surface area contributed by atoms with Crippen molar-refractivity contribution in [1.82, 2.24) is 0 Å². The molecule has 1 N–H and O–H groups in total. The van der Waals surface area contributed by atoms with Crippen LogP contribution in [0.15, 0.2) is 42.5 Å². The largest absolute Gasteiger partial charge is 0.497 e. The van der Waals surface area contributed by atoms with E-state index < -0.39 is 12.3 Å². The number of fused-ring (bicyclic) bond motifs is 1. The minimum absolute atomic E-state index is 0.416. The number of carbonyl (C=O) groups is 1. The highest BCUT2D eigenvalue weighted by molar-refractivity contribution is 5.94. The van der Waals surface area contributed by atoms with Crippen molar-refractivity contribution in [1.29, 1.82) is 0 Å². The van der Waals surface area contributed by atoms with Gasteiger partial charge < -0.3 is 14.6 Å². The third-order valence-electron chi connectivity index (χ3n) is 3.37. The Bertz CT molecular complexity index is 701. The zero-order valence-electron chi connectivity index (χ0n) is 11.4. The van der Waals surface area contributed by atoms with Gasteiger partial charge in [-0.3, -0.25) is 0 Å². The third-order valence-corrected chi connectivity index (χ3v) is 3.37. The molecule has 4 heteroatoms. The van der Waals surface area contributed by atoms with Crippen molar-refractivity contribution >= 4 is 18.1 Å². The average molecular weight is 282 g/mol. The molecular formula is C17H14O4. The van der Waals surface area contributed by atoms with Crippen LogP contribution in [-0.2, 0) is 4.74 Å². The van der Waals surface area contributed by atoms with Gasteiger partial charge in [0.15, 0.2) is 0 Å². The molecule has 1 unspecified atom stereocenters.